The van der Waals surface area contributed by atoms with Crippen LogP contribution in [0, 0.1) is 0 Å². The van der Waals surface area contributed by atoms with Crippen molar-refractivity contribution in [3.05, 3.63) is 11.6 Å². The Labute approximate surface area is 139 Å². The predicted molar refractivity (Wildman–Crippen MR) is 87.3 cm³/mol. The van der Waals surface area contributed by atoms with Crippen molar-refractivity contribution in [2.75, 3.05) is 32.1 Å². The van der Waals surface area contributed by atoms with E-state index in [0.29, 0.717) is 32.0 Å². The van der Waals surface area contributed by atoms with Gasteiger partial charge in [0.05, 0.1) is 0 Å². The summed E-state index contributed by atoms with van der Waals surface area (Å²) in [5.74, 6) is -0.00742. The molecule has 126 valence electrons. The Kier molecular flexibility index (Phi) is 4.82. The van der Waals surface area contributed by atoms with Crippen LogP contribution in [0.15, 0.2) is 11.6 Å². The van der Waals surface area contributed by atoms with Crippen molar-refractivity contribution in [1.29, 1.82) is 0 Å². The summed E-state index contributed by atoms with van der Waals surface area (Å²) < 4.78 is 4.91. The van der Waals surface area contributed by atoms with Crippen LogP contribution < -0.4 is 10.6 Å². The van der Waals surface area contributed by atoms with E-state index >= 15 is 0 Å². The maximum Gasteiger partial charge on any atom is 0.248 e. The number of ether oxygens (including phenoxy) is 1. The molecule has 1 aliphatic heterocycles. The van der Waals surface area contributed by atoms with Crippen molar-refractivity contribution in [3.63, 3.8) is 0 Å². The second-order valence-electron chi connectivity index (χ2n) is 6.11. The topological polar surface area (TPSA) is 83.6 Å². The minimum absolute atomic E-state index is 0.0223. The van der Waals surface area contributed by atoms with Gasteiger partial charge in [0.1, 0.15) is 12.1 Å². The summed E-state index contributed by atoms with van der Waals surface area (Å²) in [4.78, 5) is 30.7. The van der Waals surface area contributed by atoms with Crippen molar-refractivity contribution < 1.29 is 14.3 Å². The van der Waals surface area contributed by atoms with E-state index in [9.17, 15) is 9.59 Å². The maximum absolute atomic E-state index is 12.8. The highest BCUT2D eigenvalue weighted by molar-refractivity contribution is 7.13. The molecule has 2 fully saturated rings. The molecule has 1 saturated carbocycles. The Hall–Kier alpha value is -1.67. The number of carbonyl (C=O) groups is 2. The summed E-state index contributed by atoms with van der Waals surface area (Å²) in [6.07, 6.45) is 4.97. The first kappa shape index (κ1) is 16.2. The van der Waals surface area contributed by atoms with E-state index in [1.54, 1.807) is 11.1 Å². The highest BCUT2D eigenvalue weighted by Gasteiger charge is 2.44. The number of anilines is 1. The molecule has 0 radical (unpaired) electrons. The van der Waals surface area contributed by atoms with E-state index in [1.165, 1.54) is 18.4 Å². The number of amides is 2. The minimum atomic E-state index is -0.690. The minimum Gasteiger partial charge on any atom is -0.375 e. The lowest BCUT2D eigenvalue weighted by Crippen LogP contribution is -2.59. The number of hydrogen-bond donors (Lipinski definition) is 2. The van der Waals surface area contributed by atoms with E-state index in [-0.39, 0.29) is 18.4 Å². The maximum atomic E-state index is 12.8. The molecule has 0 spiro atoms. The van der Waals surface area contributed by atoms with Gasteiger partial charge >= 0.3 is 0 Å². The fourth-order valence-corrected chi connectivity index (χ4v) is 3.43. The van der Waals surface area contributed by atoms with Crippen molar-refractivity contribution >= 4 is 28.3 Å². The van der Waals surface area contributed by atoms with Gasteiger partial charge in [-0.1, -0.05) is 0 Å². The van der Waals surface area contributed by atoms with Crippen LogP contribution >= 0.6 is 11.3 Å². The van der Waals surface area contributed by atoms with Crippen molar-refractivity contribution in [1.82, 2.24) is 15.2 Å². The molecule has 0 aromatic carbocycles. The van der Waals surface area contributed by atoms with Gasteiger partial charge in [-0.05, 0) is 25.7 Å². The first-order valence-electron chi connectivity index (χ1n) is 7.88. The Bertz CT molecular complexity index is 551. The molecule has 23 heavy (non-hydrogen) atoms. The fourth-order valence-electron chi connectivity index (χ4n) is 2.80. The number of piperidine rings is 1. The monoisotopic (exact) mass is 338 g/mol. The lowest BCUT2D eigenvalue weighted by atomic mass is 9.86. The number of rotatable bonds is 6. The zero-order chi connectivity index (χ0) is 16.3. The molecule has 8 heteroatoms. The molecule has 2 heterocycles. The second-order valence-corrected chi connectivity index (χ2v) is 7.00. The van der Waals surface area contributed by atoms with E-state index in [4.69, 9.17) is 4.74 Å². The molecule has 3 rings (SSSR count). The SMILES string of the molecule is COCC(=O)N1CCC(Nc2nccs2)(C(=O)NC2CC2)CC1. The number of hydrogen-bond acceptors (Lipinski definition) is 6. The van der Waals surface area contributed by atoms with Gasteiger partial charge in [0, 0.05) is 37.8 Å². The summed E-state index contributed by atoms with van der Waals surface area (Å²) in [6.45, 7) is 1.17. The molecule has 1 aromatic rings. The molecular weight excluding hydrogens is 316 g/mol. The van der Waals surface area contributed by atoms with E-state index < -0.39 is 5.54 Å². The highest BCUT2D eigenvalue weighted by atomic mass is 32.1. The molecule has 2 aliphatic rings. The molecule has 2 amide bonds. The predicted octanol–water partition coefficient (Wildman–Crippen LogP) is 0.841. The first-order chi connectivity index (χ1) is 11.1. The Morgan fingerprint density at radius 3 is 2.74 bits per heavy atom. The summed E-state index contributed by atoms with van der Waals surface area (Å²) in [6, 6.07) is 0.311. The summed E-state index contributed by atoms with van der Waals surface area (Å²) in [7, 11) is 1.51. The van der Waals surface area contributed by atoms with Crippen LogP contribution in [0.5, 0.6) is 0 Å². The smallest absolute Gasteiger partial charge is 0.248 e. The van der Waals surface area contributed by atoms with Gasteiger partial charge in [0.25, 0.3) is 0 Å². The van der Waals surface area contributed by atoms with E-state index in [2.05, 4.69) is 15.6 Å². The molecule has 0 bridgehead atoms. The summed E-state index contributed by atoms with van der Waals surface area (Å²) in [5, 5.41) is 9.04. The lowest BCUT2D eigenvalue weighted by Gasteiger charge is -2.41. The standard InChI is InChI=1S/C15H22N4O3S/c1-22-10-12(20)19-7-4-15(5-8-19,13(21)17-11-2-3-11)18-14-16-6-9-23-14/h6,9,11H,2-5,7-8,10H2,1H3,(H,16,18)(H,17,21). The van der Waals surface area contributed by atoms with Crippen LogP contribution in [0.2, 0.25) is 0 Å². The zero-order valence-electron chi connectivity index (χ0n) is 13.2. The molecule has 7 nitrogen and oxygen atoms in total. The fraction of sp³-hybridized carbons (Fsp3) is 0.667. The summed E-state index contributed by atoms with van der Waals surface area (Å²) in [5.41, 5.74) is -0.690. The van der Waals surface area contributed by atoms with Gasteiger partial charge in [-0.25, -0.2) is 4.98 Å². The number of methoxy groups -OCH3 is 1. The van der Waals surface area contributed by atoms with Crippen molar-refractivity contribution in [2.45, 2.75) is 37.3 Å². The Morgan fingerprint density at radius 1 is 1.43 bits per heavy atom. The Morgan fingerprint density at radius 2 is 2.17 bits per heavy atom. The number of nitrogens with one attached hydrogen (secondary N) is 2. The summed E-state index contributed by atoms with van der Waals surface area (Å²) >= 11 is 1.48. The third-order valence-corrected chi connectivity index (χ3v) is 5.05. The van der Waals surface area contributed by atoms with Crippen LogP contribution in [0.25, 0.3) is 0 Å². The van der Waals surface area contributed by atoms with Crippen molar-refractivity contribution in [3.8, 4) is 0 Å². The van der Waals surface area contributed by atoms with Crippen molar-refractivity contribution in [2.24, 2.45) is 0 Å². The number of thiazole rings is 1. The number of nitrogens with zero attached hydrogens (tertiary/aromatic N) is 2. The molecule has 1 saturated heterocycles. The Balaban J connectivity index is 1.69. The normalized spacial score (nSPS) is 20.1. The number of likely N-dealkylation sites (tertiary alicyclic amines) is 1. The quantitative estimate of drug-likeness (QED) is 0.803. The zero-order valence-corrected chi connectivity index (χ0v) is 14.0. The third-order valence-electron chi connectivity index (χ3n) is 4.36. The second kappa shape index (κ2) is 6.84. The van der Waals surface area contributed by atoms with E-state index in [0.717, 1.165) is 18.0 Å². The third kappa shape index (κ3) is 3.81. The average Bonchev–Trinajstić information content (AvgIpc) is 3.21. The van der Waals surface area contributed by atoms with Crippen LogP contribution in [-0.4, -0.2) is 60.1 Å². The largest absolute Gasteiger partial charge is 0.375 e. The van der Waals surface area contributed by atoms with Gasteiger partial charge in [0.15, 0.2) is 5.13 Å². The lowest BCUT2D eigenvalue weighted by molar-refractivity contribution is -0.139. The number of aromatic nitrogens is 1. The average molecular weight is 338 g/mol. The molecule has 1 aromatic heterocycles. The van der Waals surface area contributed by atoms with Crippen LogP contribution in [0.1, 0.15) is 25.7 Å². The van der Waals surface area contributed by atoms with Crippen LogP contribution in [0.4, 0.5) is 5.13 Å². The molecule has 0 unspecified atom stereocenters. The van der Waals surface area contributed by atoms with Crippen LogP contribution in [-0.2, 0) is 14.3 Å². The first-order valence-corrected chi connectivity index (χ1v) is 8.76. The molecule has 2 N–H and O–H groups in total. The van der Waals surface area contributed by atoms with E-state index in [1.807, 2.05) is 5.38 Å². The molecular formula is C15H22N4O3S. The molecule has 1 aliphatic carbocycles. The number of carbonyl (C=O) groups excluding carboxylic acids is 2. The van der Waals surface area contributed by atoms with Gasteiger partial charge in [-0.3, -0.25) is 9.59 Å². The van der Waals surface area contributed by atoms with Gasteiger partial charge in [-0.15, -0.1) is 11.3 Å². The van der Waals surface area contributed by atoms with Crippen LogP contribution in [0.3, 0.4) is 0 Å². The highest BCUT2D eigenvalue weighted by Crippen LogP contribution is 2.30. The van der Waals surface area contributed by atoms with Gasteiger partial charge < -0.3 is 20.3 Å². The van der Waals surface area contributed by atoms with Gasteiger partial charge in [0.2, 0.25) is 11.8 Å². The molecule has 0 atom stereocenters. The van der Waals surface area contributed by atoms with Gasteiger partial charge in [-0.2, -0.15) is 0 Å².